The van der Waals surface area contributed by atoms with Crippen molar-refractivity contribution in [3.8, 4) is 11.4 Å². The van der Waals surface area contributed by atoms with E-state index in [0.717, 1.165) is 10.0 Å². The molecular formula is C31H24BrF4N3O2. The number of ether oxygens (including phenoxy) is 1. The normalized spacial score (nSPS) is 16.6. The highest BCUT2D eigenvalue weighted by Crippen LogP contribution is 2.54. The standard InChI is InChI=1S/C31H24BrF4N3O2/c1-41-25-10-2-19(3-11-25)17-38-18-27(26-12-5-22(32)15-29(26)38)30(40,31(34,35)36)21-4-13-28-20(14-21)16-37-39(28)24-8-6-23(33)7-9-24/h2-16,27,40H,17-18H2,1H3. The van der Waals surface area contributed by atoms with Crippen LogP contribution in [0.4, 0.5) is 23.2 Å². The Bertz CT molecular complexity index is 1720. The molecule has 0 bridgehead atoms. The van der Waals surface area contributed by atoms with Crippen molar-refractivity contribution in [2.24, 2.45) is 0 Å². The zero-order chi connectivity index (χ0) is 28.9. The number of aromatic nitrogens is 2. The van der Waals surface area contributed by atoms with Gasteiger partial charge in [0.15, 0.2) is 5.60 Å². The van der Waals surface area contributed by atoms with E-state index in [9.17, 15) is 9.50 Å². The molecule has 0 fully saturated rings. The van der Waals surface area contributed by atoms with Crippen LogP contribution >= 0.6 is 15.9 Å². The van der Waals surface area contributed by atoms with Crippen LogP contribution in [-0.4, -0.2) is 34.7 Å². The number of methoxy groups -OCH3 is 1. The highest BCUT2D eigenvalue weighted by molar-refractivity contribution is 9.10. The van der Waals surface area contributed by atoms with E-state index in [1.165, 1.54) is 53.3 Å². The van der Waals surface area contributed by atoms with Crippen LogP contribution in [0.3, 0.4) is 0 Å². The molecule has 2 atom stereocenters. The van der Waals surface area contributed by atoms with Gasteiger partial charge in [-0.05, 0) is 77.4 Å². The zero-order valence-corrected chi connectivity index (χ0v) is 23.3. The minimum Gasteiger partial charge on any atom is -0.497 e. The molecule has 2 unspecified atom stereocenters. The lowest BCUT2D eigenvalue weighted by Crippen LogP contribution is -2.48. The first-order valence-corrected chi connectivity index (χ1v) is 13.6. The summed E-state index contributed by atoms with van der Waals surface area (Å²) in [6, 6.07) is 22.2. The van der Waals surface area contributed by atoms with E-state index in [1.54, 1.807) is 37.4 Å². The first-order chi connectivity index (χ1) is 19.6. The monoisotopic (exact) mass is 625 g/mol. The Morgan fingerprint density at radius 2 is 1.71 bits per heavy atom. The Kier molecular flexibility index (Phi) is 6.78. The van der Waals surface area contributed by atoms with Crippen LogP contribution < -0.4 is 9.64 Å². The number of anilines is 1. The molecule has 210 valence electrons. The number of benzene rings is 4. The van der Waals surface area contributed by atoms with Crippen LogP contribution in [0, 0.1) is 5.82 Å². The number of alkyl halides is 3. The smallest absolute Gasteiger partial charge is 0.422 e. The third-order valence-corrected chi connectivity index (χ3v) is 8.15. The van der Waals surface area contributed by atoms with Crippen LogP contribution in [0.15, 0.2) is 95.6 Å². The Morgan fingerprint density at radius 1 is 0.976 bits per heavy atom. The van der Waals surface area contributed by atoms with E-state index >= 15 is 13.2 Å². The number of rotatable bonds is 6. The van der Waals surface area contributed by atoms with E-state index in [1.807, 2.05) is 17.0 Å². The maximum Gasteiger partial charge on any atom is 0.422 e. The van der Waals surface area contributed by atoms with Crippen molar-refractivity contribution in [1.29, 1.82) is 0 Å². The van der Waals surface area contributed by atoms with Crippen molar-refractivity contribution in [3.63, 3.8) is 0 Å². The van der Waals surface area contributed by atoms with E-state index < -0.39 is 23.5 Å². The highest BCUT2D eigenvalue weighted by Gasteiger charge is 2.62. The Morgan fingerprint density at radius 3 is 2.39 bits per heavy atom. The van der Waals surface area contributed by atoms with Gasteiger partial charge in [0.2, 0.25) is 0 Å². The molecule has 6 rings (SSSR count). The first kappa shape index (κ1) is 27.3. The van der Waals surface area contributed by atoms with Gasteiger partial charge < -0.3 is 14.7 Å². The topological polar surface area (TPSA) is 50.5 Å². The quantitative estimate of drug-likeness (QED) is 0.199. The van der Waals surface area contributed by atoms with Gasteiger partial charge in [0, 0.05) is 34.6 Å². The molecule has 1 aromatic heterocycles. The predicted octanol–water partition coefficient (Wildman–Crippen LogP) is 7.49. The van der Waals surface area contributed by atoms with Crippen molar-refractivity contribution in [3.05, 3.63) is 118 Å². The van der Waals surface area contributed by atoms with Crippen LogP contribution in [0.25, 0.3) is 16.6 Å². The first-order valence-electron chi connectivity index (χ1n) is 12.8. The Balaban J connectivity index is 1.41. The van der Waals surface area contributed by atoms with Gasteiger partial charge in [0.1, 0.15) is 11.6 Å². The van der Waals surface area contributed by atoms with Crippen LogP contribution in [0.1, 0.15) is 22.6 Å². The Labute approximate surface area is 241 Å². The molecule has 0 saturated heterocycles. The van der Waals surface area contributed by atoms with Crippen molar-refractivity contribution in [1.82, 2.24) is 9.78 Å². The molecular weight excluding hydrogens is 602 g/mol. The second kappa shape index (κ2) is 10.2. The summed E-state index contributed by atoms with van der Waals surface area (Å²) in [6.45, 7) is 0.294. The minimum atomic E-state index is -4.99. The second-order valence-electron chi connectivity index (χ2n) is 10.1. The molecule has 5 aromatic rings. The van der Waals surface area contributed by atoms with E-state index in [2.05, 4.69) is 21.0 Å². The van der Waals surface area contributed by atoms with Crippen molar-refractivity contribution >= 4 is 32.5 Å². The maximum atomic E-state index is 15.0. The summed E-state index contributed by atoms with van der Waals surface area (Å²) >= 11 is 3.45. The fourth-order valence-electron chi connectivity index (χ4n) is 5.58. The number of hydrogen-bond acceptors (Lipinski definition) is 4. The Hall–Kier alpha value is -3.89. The zero-order valence-electron chi connectivity index (χ0n) is 21.7. The van der Waals surface area contributed by atoms with Crippen molar-refractivity contribution in [2.45, 2.75) is 24.2 Å². The molecule has 5 nitrogen and oxygen atoms in total. The maximum absolute atomic E-state index is 15.0. The lowest BCUT2D eigenvalue weighted by molar-refractivity contribution is -0.274. The van der Waals surface area contributed by atoms with Crippen LogP contribution in [0.2, 0.25) is 0 Å². The third-order valence-electron chi connectivity index (χ3n) is 7.66. The molecule has 4 aromatic carbocycles. The average molecular weight is 626 g/mol. The van der Waals surface area contributed by atoms with Crippen molar-refractivity contribution < 1.29 is 27.4 Å². The molecule has 0 spiro atoms. The summed E-state index contributed by atoms with van der Waals surface area (Å²) in [5.74, 6) is -1.03. The highest BCUT2D eigenvalue weighted by atomic mass is 79.9. The number of hydrogen-bond donors (Lipinski definition) is 1. The fourth-order valence-corrected chi connectivity index (χ4v) is 5.93. The van der Waals surface area contributed by atoms with Gasteiger partial charge in [-0.1, -0.05) is 40.2 Å². The molecule has 0 radical (unpaired) electrons. The van der Waals surface area contributed by atoms with Crippen LogP contribution in [-0.2, 0) is 12.1 Å². The molecule has 10 heteroatoms. The predicted molar refractivity (Wildman–Crippen MR) is 152 cm³/mol. The summed E-state index contributed by atoms with van der Waals surface area (Å²) in [4.78, 5) is 1.86. The summed E-state index contributed by atoms with van der Waals surface area (Å²) in [7, 11) is 1.57. The number of halogens is 5. The average Bonchev–Trinajstić information content (AvgIpc) is 3.54. The molecule has 0 amide bonds. The SMILES string of the molecule is COc1ccc(CN2CC(C(O)(c3ccc4c(cnn4-c4ccc(F)cc4)c3)C(F)(F)F)c3ccc(Br)cc32)cc1. The molecule has 0 aliphatic carbocycles. The van der Waals surface area contributed by atoms with Gasteiger partial charge in [-0.2, -0.15) is 18.3 Å². The lowest BCUT2D eigenvalue weighted by atomic mass is 9.77. The van der Waals surface area contributed by atoms with E-state index in [4.69, 9.17) is 4.74 Å². The fraction of sp³-hybridized carbons (Fsp3) is 0.194. The lowest BCUT2D eigenvalue weighted by Gasteiger charge is -2.37. The number of aliphatic hydroxyl groups is 1. The largest absolute Gasteiger partial charge is 0.497 e. The molecule has 2 heterocycles. The molecule has 1 aliphatic heterocycles. The summed E-state index contributed by atoms with van der Waals surface area (Å²) in [5.41, 5.74) is -0.455. The second-order valence-corrected chi connectivity index (χ2v) is 11.0. The van der Waals surface area contributed by atoms with Gasteiger partial charge in [0.05, 0.1) is 24.5 Å². The van der Waals surface area contributed by atoms with E-state index in [0.29, 0.717) is 40.1 Å². The molecule has 1 aliphatic rings. The molecule has 1 N–H and O–H groups in total. The summed E-state index contributed by atoms with van der Waals surface area (Å²) < 4.78 is 65.9. The van der Waals surface area contributed by atoms with Gasteiger partial charge in [-0.15, -0.1) is 0 Å². The van der Waals surface area contributed by atoms with Gasteiger partial charge >= 0.3 is 6.18 Å². The van der Waals surface area contributed by atoms with Gasteiger partial charge in [-0.25, -0.2) is 9.07 Å². The van der Waals surface area contributed by atoms with E-state index in [-0.39, 0.29) is 12.1 Å². The number of fused-ring (bicyclic) bond motifs is 2. The van der Waals surface area contributed by atoms with Gasteiger partial charge in [-0.3, -0.25) is 0 Å². The van der Waals surface area contributed by atoms with Crippen LogP contribution in [0.5, 0.6) is 5.75 Å². The molecule has 0 saturated carbocycles. The summed E-state index contributed by atoms with van der Waals surface area (Å²) in [6.07, 6.45) is -3.55. The van der Waals surface area contributed by atoms with Gasteiger partial charge in [0.25, 0.3) is 0 Å². The molecule has 41 heavy (non-hydrogen) atoms. The minimum absolute atomic E-state index is 0.0549. The van der Waals surface area contributed by atoms with Crippen molar-refractivity contribution in [2.75, 3.05) is 18.6 Å². The number of nitrogens with zero attached hydrogens (tertiary/aromatic N) is 3. The summed E-state index contributed by atoms with van der Waals surface area (Å²) in [5, 5.41) is 16.5. The third kappa shape index (κ3) is 4.74.